The lowest BCUT2D eigenvalue weighted by Gasteiger charge is -2.42. The number of ether oxygens (including phenoxy) is 2. The van der Waals surface area contributed by atoms with Crippen molar-refractivity contribution in [1.82, 2.24) is 4.90 Å². The van der Waals surface area contributed by atoms with Crippen molar-refractivity contribution in [2.45, 2.75) is 38.3 Å². The third kappa shape index (κ3) is 6.51. The lowest BCUT2D eigenvalue weighted by Crippen LogP contribution is -2.53. The van der Waals surface area contributed by atoms with Gasteiger partial charge in [0.15, 0.2) is 0 Å². The molecule has 0 unspecified atom stereocenters. The number of benzene rings is 2. The molecule has 1 aliphatic heterocycles. The molecule has 32 heavy (non-hydrogen) atoms. The van der Waals surface area contributed by atoms with E-state index in [0.717, 1.165) is 24.1 Å². The number of hydrogen-bond donors (Lipinski definition) is 1. The fraction of sp³-hybridized carbons (Fsp3) is 0.480. The topological polar surface area (TPSA) is 64.8 Å². The maximum absolute atomic E-state index is 14.1. The fourth-order valence-electron chi connectivity index (χ4n) is 4.19. The monoisotopic (exact) mass is 462 g/mol. The van der Waals surface area contributed by atoms with Gasteiger partial charge in [-0.2, -0.15) is 0 Å². The highest BCUT2D eigenvalue weighted by molar-refractivity contribution is 6.30. The number of halogens is 2. The van der Waals surface area contributed by atoms with Gasteiger partial charge in [-0.05, 0) is 55.5 Å². The molecule has 0 radical (unpaired) electrons. The second-order valence-electron chi connectivity index (χ2n) is 8.36. The van der Waals surface area contributed by atoms with Crippen LogP contribution in [0.5, 0.6) is 0 Å². The van der Waals surface area contributed by atoms with Gasteiger partial charge in [-0.25, -0.2) is 4.39 Å². The van der Waals surface area contributed by atoms with E-state index in [2.05, 4.69) is 4.90 Å². The van der Waals surface area contributed by atoms with E-state index in [9.17, 15) is 9.18 Å². The lowest BCUT2D eigenvalue weighted by atomic mass is 9.92. The summed E-state index contributed by atoms with van der Waals surface area (Å²) in [5.41, 5.74) is 8.69. The molecule has 1 aliphatic rings. The predicted octanol–water partition coefficient (Wildman–Crippen LogP) is 4.31. The van der Waals surface area contributed by atoms with Gasteiger partial charge in [0.05, 0.1) is 19.1 Å². The number of methoxy groups -OCH3 is 1. The summed E-state index contributed by atoms with van der Waals surface area (Å²) in [6, 6.07) is 12.3. The lowest BCUT2D eigenvalue weighted by molar-refractivity contribution is -0.150. The molecule has 1 heterocycles. The highest BCUT2D eigenvalue weighted by atomic mass is 35.5. The van der Waals surface area contributed by atoms with Gasteiger partial charge in [-0.3, -0.25) is 9.69 Å². The molecule has 1 saturated heterocycles. The second kappa shape index (κ2) is 11.8. The first kappa shape index (κ1) is 24.6. The van der Waals surface area contributed by atoms with Crippen LogP contribution in [0.25, 0.3) is 11.1 Å². The Morgan fingerprint density at radius 1 is 1.28 bits per heavy atom. The quantitative estimate of drug-likeness (QED) is 0.504. The van der Waals surface area contributed by atoms with Gasteiger partial charge in [0.25, 0.3) is 0 Å². The summed E-state index contributed by atoms with van der Waals surface area (Å²) in [6.45, 7) is 4.43. The zero-order chi connectivity index (χ0) is 23.1. The average Bonchev–Trinajstić information content (AvgIpc) is 2.76. The van der Waals surface area contributed by atoms with Crippen LogP contribution in [0.4, 0.5) is 4.39 Å². The summed E-state index contributed by atoms with van der Waals surface area (Å²) >= 11 is 6.01. The summed E-state index contributed by atoms with van der Waals surface area (Å²) in [5.74, 6) is -0.781. The first-order valence-corrected chi connectivity index (χ1v) is 11.5. The van der Waals surface area contributed by atoms with Gasteiger partial charge in [0.1, 0.15) is 5.82 Å². The number of rotatable bonds is 11. The van der Waals surface area contributed by atoms with Gasteiger partial charge in [0.2, 0.25) is 0 Å². The van der Waals surface area contributed by atoms with E-state index in [1.807, 2.05) is 31.2 Å². The van der Waals surface area contributed by atoms with Crippen LogP contribution in [-0.2, 0) is 20.7 Å². The molecule has 2 aromatic rings. The molecule has 1 fully saturated rings. The highest BCUT2D eigenvalue weighted by Crippen LogP contribution is 2.27. The van der Waals surface area contributed by atoms with Crippen LogP contribution in [0.15, 0.2) is 42.5 Å². The van der Waals surface area contributed by atoms with E-state index < -0.39 is 0 Å². The number of likely N-dealkylation sites (tertiary alicyclic amines) is 1. The van der Waals surface area contributed by atoms with Crippen LogP contribution in [-0.4, -0.2) is 56.4 Å². The normalized spacial score (nSPS) is 18.1. The number of nitrogens with zero attached hydrogens (tertiary/aromatic N) is 1. The summed E-state index contributed by atoms with van der Waals surface area (Å²) in [7, 11) is 1.70. The van der Waals surface area contributed by atoms with Crippen molar-refractivity contribution in [3.8, 4) is 11.1 Å². The molecule has 2 N–H and O–H groups in total. The van der Waals surface area contributed by atoms with E-state index in [1.165, 1.54) is 12.1 Å². The maximum atomic E-state index is 14.1. The number of hydrogen-bond acceptors (Lipinski definition) is 5. The fourth-order valence-corrected chi connectivity index (χ4v) is 4.37. The number of carbonyl (C=O) groups is 1. The first-order valence-electron chi connectivity index (χ1n) is 11.1. The third-order valence-electron chi connectivity index (χ3n) is 5.98. The minimum Gasteiger partial charge on any atom is -0.466 e. The van der Waals surface area contributed by atoms with E-state index in [1.54, 1.807) is 13.2 Å². The summed E-state index contributed by atoms with van der Waals surface area (Å²) in [5, 5.41) is 0.493. The molecular weight excluding hydrogens is 431 g/mol. The molecule has 0 bridgehead atoms. The Morgan fingerprint density at radius 2 is 2.03 bits per heavy atom. The van der Waals surface area contributed by atoms with Crippen LogP contribution >= 0.6 is 11.6 Å². The van der Waals surface area contributed by atoms with E-state index >= 15 is 0 Å². The van der Waals surface area contributed by atoms with Gasteiger partial charge in [0, 0.05) is 42.9 Å². The molecular formula is C25H32ClFN2O3. The van der Waals surface area contributed by atoms with Crippen molar-refractivity contribution >= 4 is 17.6 Å². The largest absolute Gasteiger partial charge is 0.466 e. The number of carbonyl (C=O) groups excluding carboxylic acids is 1. The standard InChI is InChI=1S/C25H32ClFN2O3/c1-3-32-25(30)19(15-29-11-10-22(29)16-31-2)13-21(28)12-17-4-6-18(7-5-17)23-14-20(26)8-9-24(23)27/h4-9,14,19,21-22H,3,10-13,15-16,28H2,1-2H3/t19-,21+,22+/m0/s1. The molecule has 174 valence electrons. The summed E-state index contributed by atoms with van der Waals surface area (Å²) < 4.78 is 24.7. The average molecular weight is 463 g/mol. The van der Waals surface area contributed by atoms with Crippen molar-refractivity contribution < 1.29 is 18.7 Å². The molecule has 3 atom stereocenters. The van der Waals surface area contributed by atoms with Crippen molar-refractivity contribution in [3.05, 3.63) is 58.9 Å². The van der Waals surface area contributed by atoms with Crippen molar-refractivity contribution in [3.63, 3.8) is 0 Å². The van der Waals surface area contributed by atoms with Crippen molar-refractivity contribution in [2.75, 3.05) is 33.4 Å². The Balaban J connectivity index is 1.61. The second-order valence-corrected chi connectivity index (χ2v) is 8.80. The number of nitrogens with two attached hydrogens (primary N) is 1. The molecule has 5 nitrogen and oxygen atoms in total. The van der Waals surface area contributed by atoms with Crippen molar-refractivity contribution in [2.24, 2.45) is 11.7 Å². The predicted molar refractivity (Wildman–Crippen MR) is 125 cm³/mol. The van der Waals surface area contributed by atoms with Crippen LogP contribution in [0.1, 0.15) is 25.3 Å². The van der Waals surface area contributed by atoms with Gasteiger partial charge < -0.3 is 15.2 Å². The molecule has 0 amide bonds. The molecule has 2 aromatic carbocycles. The Bertz CT molecular complexity index is 893. The van der Waals surface area contributed by atoms with E-state index in [-0.39, 0.29) is 23.7 Å². The van der Waals surface area contributed by atoms with Crippen LogP contribution in [0.3, 0.4) is 0 Å². The Hall–Kier alpha value is -1.99. The zero-order valence-electron chi connectivity index (χ0n) is 18.7. The smallest absolute Gasteiger partial charge is 0.310 e. The van der Waals surface area contributed by atoms with Crippen LogP contribution in [0.2, 0.25) is 5.02 Å². The zero-order valence-corrected chi connectivity index (χ0v) is 19.5. The Kier molecular flexibility index (Phi) is 9.05. The SMILES string of the molecule is CCOC(=O)[C@@H](C[C@H](N)Cc1ccc(-c2cc(Cl)ccc2F)cc1)CN1CC[C@@H]1COC. The minimum atomic E-state index is -0.311. The summed E-state index contributed by atoms with van der Waals surface area (Å²) in [6.07, 6.45) is 2.24. The molecule has 0 aliphatic carbocycles. The molecule has 0 spiro atoms. The number of esters is 1. The summed E-state index contributed by atoms with van der Waals surface area (Å²) in [4.78, 5) is 14.8. The first-order chi connectivity index (χ1) is 15.4. The minimum absolute atomic E-state index is 0.194. The van der Waals surface area contributed by atoms with E-state index in [0.29, 0.717) is 49.2 Å². The molecule has 0 aromatic heterocycles. The Morgan fingerprint density at radius 3 is 2.66 bits per heavy atom. The highest BCUT2D eigenvalue weighted by Gasteiger charge is 2.33. The van der Waals surface area contributed by atoms with Gasteiger partial charge in [-0.1, -0.05) is 35.9 Å². The van der Waals surface area contributed by atoms with E-state index in [4.69, 9.17) is 26.8 Å². The maximum Gasteiger partial charge on any atom is 0.310 e. The molecule has 0 saturated carbocycles. The van der Waals surface area contributed by atoms with Crippen LogP contribution < -0.4 is 5.73 Å². The Labute approximate surface area is 194 Å². The third-order valence-corrected chi connectivity index (χ3v) is 6.21. The van der Waals surface area contributed by atoms with Gasteiger partial charge in [-0.15, -0.1) is 0 Å². The molecule has 7 heteroatoms. The van der Waals surface area contributed by atoms with Crippen molar-refractivity contribution in [1.29, 1.82) is 0 Å². The van der Waals surface area contributed by atoms with Crippen LogP contribution in [0, 0.1) is 11.7 Å². The molecule has 3 rings (SSSR count). The van der Waals surface area contributed by atoms with Gasteiger partial charge >= 0.3 is 5.97 Å².